The highest BCUT2D eigenvalue weighted by Crippen LogP contribution is 2.53. The monoisotopic (exact) mass is 404 g/mol. The molecule has 0 saturated heterocycles. The van der Waals surface area contributed by atoms with Gasteiger partial charge in [-0.25, -0.2) is 4.79 Å². The van der Waals surface area contributed by atoms with E-state index < -0.39 is 5.60 Å². The first-order chi connectivity index (χ1) is 14.6. The number of hydrogen-bond donors (Lipinski definition) is 1. The molecule has 3 nitrogen and oxygen atoms in total. The molecular formula is C27H32O3. The molecule has 3 atom stereocenters. The van der Waals surface area contributed by atoms with Crippen LogP contribution >= 0.6 is 0 Å². The van der Waals surface area contributed by atoms with Crippen molar-refractivity contribution in [3.8, 4) is 0 Å². The minimum absolute atomic E-state index is 0.0605. The zero-order valence-electron chi connectivity index (χ0n) is 18.0. The average Bonchev–Trinajstić information content (AvgIpc) is 3.58. The summed E-state index contributed by atoms with van der Waals surface area (Å²) in [7, 11) is 0. The van der Waals surface area contributed by atoms with E-state index in [2.05, 4.69) is 38.1 Å². The second kappa shape index (κ2) is 8.67. The van der Waals surface area contributed by atoms with Crippen LogP contribution in [0, 0.1) is 11.8 Å². The van der Waals surface area contributed by atoms with Crippen LogP contribution in [0.1, 0.15) is 63.0 Å². The molecule has 1 aliphatic carbocycles. The molecule has 1 aliphatic heterocycles. The van der Waals surface area contributed by atoms with E-state index in [1.54, 1.807) is 0 Å². The lowest BCUT2D eigenvalue weighted by Gasteiger charge is -2.34. The minimum Gasteiger partial charge on any atom is -0.507 e. The number of esters is 1. The number of benzene rings is 2. The Morgan fingerprint density at radius 1 is 1.07 bits per heavy atom. The standard InChI is InChI=1S/C27H32O3/c1-3-19(2)27(18-10-13-20-11-6-4-7-12-20)25(28)24(26(29)30-27)23(22-16-17-22)21-14-8-5-9-15-21/h4-9,11-12,14-15,19,22-23,28H,3,10,13,16-18H2,1-2H3. The van der Waals surface area contributed by atoms with Crippen LogP contribution in [0.2, 0.25) is 0 Å². The van der Waals surface area contributed by atoms with Crippen molar-refractivity contribution in [1.82, 2.24) is 0 Å². The van der Waals surface area contributed by atoms with Gasteiger partial charge in [0.15, 0.2) is 5.60 Å². The molecule has 4 rings (SSSR count). The average molecular weight is 405 g/mol. The van der Waals surface area contributed by atoms with Crippen LogP contribution in [-0.2, 0) is 16.0 Å². The molecule has 1 N–H and O–H groups in total. The highest BCUT2D eigenvalue weighted by Gasteiger charge is 2.54. The molecule has 2 aromatic carbocycles. The maximum Gasteiger partial charge on any atom is 0.339 e. The van der Waals surface area contributed by atoms with E-state index in [4.69, 9.17) is 4.74 Å². The smallest absolute Gasteiger partial charge is 0.339 e. The Hall–Kier alpha value is -2.55. The third kappa shape index (κ3) is 3.90. The van der Waals surface area contributed by atoms with E-state index in [1.807, 2.05) is 36.4 Å². The van der Waals surface area contributed by atoms with Crippen LogP contribution in [0.3, 0.4) is 0 Å². The van der Waals surface area contributed by atoms with Crippen molar-refractivity contribution in [3.05, 3.63) is 83.1 Å². The van der Waals surface area contributed by atoms with E-state index in [0.717, 1.165) is 37.7 Å². The normalized spacial score (nSPS) is 23.3. The molecule has 2 aliphatic rings. The van der Waals surface area contributed by atoms with Crippen molar-refractivity contribution in [2.45, 2.75) is 63.9 Å². The number of rotatable bonds is 9. The van der Waals surface area contributed by atoms with Crippen molar-refractivity contribution < 1.29 is 14.6 Å². The fourth-order valence-corrected chi connectivity index (χ4v) is 4.91. The minimum atomic E-state index is -0.905. The highest BCUT2D eigenvalue weighted by atomic mass is 16.6. The van der Waals surface area contributed by atoms with Crippen molar-refractivity contribution in [3.63, 3.8) is 0 Å². The first-order valence-electron chi connectivity index (χ1n) is 11.3. The van der Waals surface area contributed by atoms with Crippen LogP contribution in [0.25, 0.3) is 0 Å². The van der Waals surface area contributed by atoms with Crippen molar-refractivity contribution >= 4 is 5.97 Å². The van der Waals surface area contributed by atoms with Crippen LogP contribution in [-0.4, -0.2) is 16.7 Å². The number of carbonyl (C=O) groups excluding carboxylic acids is 1. The van der Waals surface area contributed by atoms with Gasteiger partial charge in [0.1, 0.15) is 5.76 Å². The Morgan fingerprint density at radius 2 is 1.70 bits per heavy atom. The summed E-state index contributed by atoms with van der Waals surface area (Å²) in [4.78, 5) is 13.2. The van der Waals surface area contributed by atoms with E-state index in [0.29, 0.717) is 17.9 Å². The van der Waals surface area contributed by atoms with Crippen molar-refractivity contribution in [1.29, 1.82) is 0 Å². The molecule has 158 valence electrons. The Labute approximate surface area is 179 Å². The van der Waals surface area contributed by atoms with Crippen molar-refractivity contribution in [2.24, 2.45) is 11.8 Å². The number of aryl methyl sites for hydroxylation is 1. The number of ether oxygens (including phenoxy) is 1. The van der Waals surface area contributed by atoms with E-state index >= 15 is 0 Å². The van der Waals surface area contributed by atoms with Gasteiger partial charge >= 0.3 is 5.97 Å². The summed E-state index contributed by atoms with van der Waals surface area (Å²) < 4.78 is 6.08. The molecule has 30 heavy (non-hydrogen) atoms. The summed E-state index contributed by atoms with van der Waals surface area (Å²) in [5, 5.41) is 11.5. The summed E-state index contributed by atoms with van der Waals surface area (Å²) in [6.07, 6.45) is 5.43. The van der Waals surface area contributed by atoms with Gasteiger partial charge in [-0.3, -0.25) is 0 Å². The predicted octanol–water partition coefficient (Wildman–Crippen LogP) is 6.36. The summed E-state index contributed by atoms with van der Waals surface area (Å²) in [5.41, 5.74) is 1.97. The molecule has 3 heteroatoms. The first kappa shape index (κ1) is 20.7. The van der Waals surface area contributed by atoms with E-state index in [9.17, 15) is 9.90 Å². The van der Waals surface area contributed by atoms with E-state index in [1.165, 1.54) is 5.56 Å². The quantitative estimate of drug-likeness (QED) is 0.495. The first-order valence-corrected chi connectivity index (χ1v) is 11.3. The topological polar surface area (TPSA) is 46.5 Å². The summed E-state index contributed by atoms with van der Waals surface area (Å²) in [5.74, 6) is 0.266. The van der Waals surface area contributed by atoms with Gasteiger partial charge in [-0.1, -0.05) is 74.5 Å². The van der Waals surface area contributed by atoms with Gasteiger partial charge in [-0.15, -0.1) is 0 Å². The predicted molar refractivity (Wildman–Crippen MR) is 119 cm³/mol. The molecule has 0 amide bonds. The molecule has 1 fully saturated rings. The van der Waals surface area contributed by atoms with Gasteiger partial charge < -0.3 is 9.84 Å². The zero-order valence-corrected chi connectivity index (χ0v) is 18.0. The lowest BCUT2D eigenvalue weighted by Crippen LogP contribution is -2.39. The molecule has 0 aromatic heterocycles. The van der Waals surface area contributed by atoms with Gasteiger partial charge in [-0.2, -0.15) is 0 Å². The lowest BCUT2D eigenvalue weighted by molar-refractivity contribution is -0.154. The molecule has 0 bridgehead atoms. The van der Waals surface area contributed by atoms with Gasteiger partial charge in [0.25, 0.3) is 0 Å². The fraction of sp³-hybridized carbons (Fsp3) is 0.444. The fourth-order valence-electron chi connectivity index (χ4n) is 4.91. The number of aliphatic hydroxyl groups is 1. The number of hydrogen-bond acceptors (Lipinski definition) is 3. The van der Waals surface area contributed by atoms with Gasteiger partial charge in [0, 0.05) is 11.8 Å². The maximum absolute atomic E-state index is 13.2. The van der Waals surface area contributed by atoms with Crippen LogP contribution in [0.5, 0.6) is 0 Å². The maximum atomic E-state index is 13.2. The van der Waals surface area contributed by atoms with Crippen LogP contribution in [0.4, 0.5) is 0 Å². The van der Waals surface area contributed by atoms with Gasteiger partial charge in [-0.05, 0) is 55.6 Å². The molecule has 1 heterocycles. The highest BCUT2D eigenvalue weighted by molar-refractivity contribution is 5.94. The molecule has 0 spiro atoms. The SMILES string of the molecule is CCC(C)C1(CCCc2ccccc2)OC(=O)C(C(c2ccccc2)C2CC2)=C1O. The van der Waals surface area contributed by atoms with Gasteiger partial charge in [0.05, 0.1) is 5.57 Å². The Balaban J connectivity index is 1.65. The summed E-state index contributed by atoms with van der Waals surface area (Å²) >= 11 is 0. The third-order valence-electron chi connectivity index (χ3n) is 6.98. The van der Waals surface area contributed by atoms with Gasteiger partial charge in [0.2, 0.25) is 0 Å². The molecule has 3 unspecified atom stereocenters. The Kier molecular flexibility index (Phi) is 5.99. The number of carbonyl (C=O) groups is 1. The molecule has 2 aromatic rings. The Morgan fingerprint density at radius 3 is 2.30 bits per heavy atom. The van der Waals surface area contributed by atoms with Crippen LogP contribution < -0.4 is 0 Å². The van der Waals surface area contributed by atoms with Crippen LogP contribution in [0.15, 0.2) is 72.0 Å². The van der Waals surface area contributed by atoms with E-state index in [-0.39, 0.29) is 23.6 Å². The largest absolute Gasteiger partial charge is 0.507 e. The number of cyclic esters (lactones) is 1. The van der Waals surface area contributed by atoms with Crippen molar-refractivity contribution in [2.75, 3.05) is 0 Å². The zero-order chi connectivity index (χ0) is 21.1. The molecule has 0 radical (unpaired) electrons. The summed E-state index contributed by atoms with van der Waals surface area (Å²) in [6, 6.07) is 20.5. The number of aliphatic hydroxyl groups excluding tert-OH is 1. The summed E-state index contributed by atoms with van der Waals surface area (Å²) in [6.45, 7) is 4.18. The third-order valence-corrected chi connectivity index (χ3v) is 6.98. The second-order valence-electron chi connectivity index (χ2n) is 8.92. The molecule has 1 saturated carbocycles. The second-order valence-corrected chi connectivity index (χ2v) is 8.92. The molecular weight excluding hydrogens is 372 g/mol. The Bertz CT molecular complexity index is 898. The lowest BCUT2D eigenvalue weighted by atomic mass is 9.78.